The van der Waals surface area contributed by atoms with Gasteiger partial charge in [0.05, 0.1) is 0 Å². The zero-order chi connectivity index (χ0) is 13.1. The van der Waals surface area contributed by atoms with Gasteiger partial charge in [-0.05, 0) is 25.5 Å². The van der Waals surface area contributed by atoms with Crippen LogP contribution in [0.3, 0.4) is 0 Å². The molecule has 2 rings (SSSR count). The van der Waals surface area contributed by atoms with Crippen molar-refractivity contribution in [3.8, 4) is 0 Å². The summed E-state index contributed by atoms with van der Waals surface area (Å²) in [7, 11) is 0. The summed E-state index contributed by atoms with van der Waals surface area (Å²) < 4.78 is 1.90. The molecule has 0 aromatic carbocycles. The van der Waals surface area contributed by atoms with Crippen LogP contribution in [0.25, 0.3) is 0 Å². The summed E-state index contributed by atoms with van der Waals surface area (Å²) in [4.78, 5) is 25.9. The lowest BCUT2D eigenvalue weighted by atomic mass is 10.1. The second-order valence-electron chi connectivity index (χ2n) is 4.39. The van der Waals surface area contributed by atoms with Crippen molar-refractivity contribution in [1.29, 1.82) is 0 Å². The Balaban J connectivity index is 2.24. The summed E-state index contributed by atoms with van der Waals surface area (Å²) in [5, 5.41) is 2.80. The highest BCUT2D eigenvalue weighted by molar-refractivity contribution is 5.97. The molecule has 0 bridgehead atoms. The van der Waals surface area contributed by atoms with E-state index in [-0.39, 0.29) is 17.9 Å². The van der Waals surface area contributed by atoms with E-state index in [0.717, 1.165) is 6.54 Å². The third kappa shape index (κ3) is 2.12. The standard InChI is InChI=1S/C13H19N3O2/c1-3-10-12(17)14-7-9-16(10)13(18)11-6-5-8-15(11)4-2/h5-6,8,10H,3-4,7,9H2,1-2H3,(H,14,17). The van der Waals surface area contributed by atoms with Crippen molar-refractivity contribution < 1.29 is 9.59 Å². The number of aryl methyl sites for hydroxylation is 1. The van der Waals surface area contributed by atoms with Crippen molar-refractivity contribution in [2.75, 3.05) is 13.1 Å². The number of hydrogen-bond donors (Lipinski definition) is 1. The molecule has 0 aliphatic carbocycles. The van der Waals surface area contributed by atoms with Gasteiger partial charge in [0.25, 0.3) is 5.91 Å². The first-order chi connectivity index (χ1) is 8.69. The van der Waals surface area contributed by atoms with Crippen molar-refractivity contribution in [3.05, 3.63) is 24.0 Å². The summed E-state index contributed by atoms with van der Waals surface area (Å²) >= 11 is 0. The van der Waals surface area contributed by atoms with Gasteiger partial charge in [0.2, 0.25) is 5.91 Å². The van der Waals surface area contributed by atoms with Crippen molar-refractivity contribution in [1.82, 2.24) is 14.8 Å². The van der Waals surface area contributed by atoms with Crippen LogP contribution in [0.4, 0.5) is 0 Å². The van der Waals surface area contributed by atoms with Gasteiger partial charge in [-0.15, -0.1) is 0 Å². The molecule has 1 saturated heterocycles. The van der Waals surface area contributed by atoms with E-state index in [1.54, 1.807) is 4.90 Å². The molecule has 5 nitrogen and oxygen atoms in total. The second kappa shape index (κ2) is 5.25. The fourth-order valence-corrected chi connectivity index (χ4v) is 2.39. The Bertz CT molecular complexity index is 453. The van der Waals surface area contributed by atoms with Gasteiger partial charge in [-0.25, -0.2) is 0 Å². The normalized spacial score (nSPS) is 19.8. The minimum Gasteiger partial charge on any atom is -0.353 e. The topological polar surface area (TPSA) is 54.3 Å². The molecule has 1 aromatic rings. The van der Waals surface area contributed by atoms with Crippen molar-refractivity contribution in [2.24, 2.45) is 0 Å². The number of amides is 2. The van der Waals surface area contributed by atoms with E-state index in [4.69, 9.17) is 0 Å². The minimum atomic E-state index is -0.341. The smallest absolute Gasteiger partial charge is 0.271 e. The van der Waals surface area contributed by atoms with E-state index in [0.29, 0.717) is 25.2 Å². The lowest BCUT2D eigenvalue weighted by Crippen LogP contribution is -2.57. The van der Waals surface area contributed by atoms with Crippen LogP contribution >= 0.6 is 0 Å². The molecule has 5 heteroatoms. The molecule has 0 radical (unpaired) electrons. The molecule has 18 heavy (non-hydrogen) atoms. The third-order valence-electron chi connectivity index (χ3n) is 3.37. The predicted octanol–water partition coefficient (Wildman–Crippen LogP) is 0.859. The molecule has 1 aliphatic rings. The van der Waals surface area contributed by atoms with Crippen molar-refractivity contribution in [2.45, 2.75) is 32.9 Å². The molecule has 1 unspecified atom stereocenters. The van der Waals surface area contributed by atoms with Crippen LogP contribution in [0.1, 0.15) is 30.8 Å². The van der Waals surface area contributed by atoms with E-state index >= 15 is 0 Å². The molecular weight excluding hydrogens is 230 g/mol. The van der Waals surface area contributed by atoms with Gasteiger partial charge < -0.3 is 14.8 Å². The van der Waals surface area contributed by atoms with Gasteiger partial charge in [0, 0.05) is 25.8 Å². The first-order valence-corrected chi connectivity index (χ1v) is 6.42. The van der Waals surface area contributed by atoms with Gasteiger partial charge in [0.1, 0.15) is 11.7 Å². The summed E-state index contributed by atoms with van der Waals surface area (Å²) in [5.74, 6) is -0.102. The molecule has 0 saturated carbocycles. The van der Waals surface area contributed by atoms with Crippen LogP contribution in [0.5, 0.6) is 0 Å². The Morgan fingerprint density at radius 1 is 1.50 bits per heavy atom. The molecule has 1 aromatic heterocycles. The number of hydrogen-bond acceptors (Lipinski definition) is 2. The summed E-state index contributed by atoms with van der Waals surface area (Å²) in [6, 6.07) is 3.33. The average Bonchev–Trinajstić information content (AvgIpc) is 2.85. The number of nitrogens with one attached hydrogen (secondary N) is 1. The maximum absolute atomic E-state index is 12.5. The van der Waals surface area contributed by atoms with Crippen LogP contribution in [-0.4, -0.2) is 40.4 Å². The van der Waals surface area contributed by atoms with Gasteiger partial charge in [-0.1, -0.05) is 6.92 Å². The Kier molecular flexibility index (Phi) is 3.69. The quantitative estimate of drug-likeness (QED) is 0.863. The Morgan fingerprint density at radius 2 is 2.28 bits per heavy atom. The molecule has 1 N–H and O–H groups in total. The van der Waals surface area contributed by atoms with E-state index in [2.05, 4.69) is 5.32 Å². The molecule has 1 aliphatic heterocycles. The lowest BCUT2D eigenvalue weighted by Gasteiger charge is -2.34. The summed E-state index contributed by atoms with van der Waals surface area (Å²) in [6.07, 6.45) is 2.53. The zero-order valence-corrected chi connectivity index (χ0v) is 10.8. The first kappa shape index (κ1) is 12.7. The van der Waals surface area contributed by atoms with Crippen LogP contribution in [0.15, 0.2) is 18.3 Å². The average molecular weight is 249 g/mol. The largest absolute Gasteiger partial charge is 0.353 e. The maximum Gasteiger partial charge on any atom is 0.271 e. The number of nitrogens with zero attached hydrogens (tertiary/aromatic N) is 2. The molecular formula is C13H19N3O2. The molecule has 1 atom stereocenters. The van der Waals surface area contributed by atoms with Crippen LogP contribution in [-0.2, 0) is 11.3 Å². The van der Waals surface area contributed by atoms with Gasteiger partial charge in [0.15, 0.2) is 0 Å². The van der Waals surface area contributed by atoms with Gasteiger partial charge in [-0.2, -0.15) is 0 Å². The molecule has 98 valence electrons. The monoisotopic (exact) mass is 249 g/mol. The Hall–Kier alpha value is -1.78. The number of aromatic nitrogens is 1. The number of carbonyl (C=O) groups excluding carboxylic acids is 2. The lowest BCUT2D eigenvalue weighted by molar-refractivity contribution is -0.127. The second-order valence-corrected chi connectivity index (χ2v) is 4.39. The summed E-state index contributed by atoms with van der Waals surface area (Å²) in [5.41, 5.74) is 0.658. The molecule has 2 heterocycles. The molecule has 1 fully saturated rings. The van der Waals surface area contributed by atoms with Crippen molar-refractivity contribution >= 4 is 11.8 Å². The highest BCUT2D eigenvalue weighted by Gasteiger charge is 2.32. The SMILES string of the molecule is CCC1C(=O)NCCN1C(=O)c1cccn1CC. The Labute approximate surface area is 107 Å². The van der Waals surface area contributed by atoms with E-state index in [1.165, 1.54) is 0 Å². The minimum absolute atomic E-state index is 0.0493. The first-order valence-electron chi connectivity index (χ1n) is 6.42. The predicted molar refractivity (Wildman–Crippen MR) is 68.2 cm³/mol. The summed E-state index contributed by atoms with van der Waals surface area (Å²) in [6.45, 7) is 5.79. The fourth-order valence-electron chi connectivity index (χ4n) is 2.39. The number of carbonyl (C=O) groups is 2. The highest BCUT2D eigenvalue weighted by atomic mass is 16.2. The molecule has 2 amide bonds. The van der Waals surface area contributed by atoms with E-state index in [9.17, 15) is 9.59 Å². The highest BCUT2D eigenvalue weighted by Crippen LogP contribution is 2.14. The molecule has 0 spiro atoms. The van der Waals surface area contributed by atoms with Crippen LogP contribution < -0.4 is 5.32 Å². The number of piperazine rings is 1. The third-order valence-corrected chi connectivity index (χ3v) is 3.37. The van der Waals surface area contributed by atoms with E-state index < -0.39 is 0 Å². The maximum atomic E-state index is 12.5. The van der Waals surface area contributed by atoms with Crippen molar-refractivity contribution in [3.63, 3.8) is 0 Å². The fraction of sp³-hybridized carbons (Fsp3) is 0.538. The zero-order valence-electron chi connectivity index (χ0n) is 10.8. The number of rotatable bonds is 3. The van der Waals surface area contributed by atoms with Gasteiger partial charge in [-0.3, -0.25) is 9.59 Å². The van der Waals surface area contributed by atoms with Crippen LogP contribution in [0, 0.1) is 0 Å². The van der Waals surface area contributed by atoms with Crippen LogP contribution in [0.2, 0.25) is 0 Å². The Morgan fingerprint density at radius 3 is 2.94 bits per heavy atom. The van der Waals surface area contributed by atoms with Gasteiger partial charge >= 0.3 is 0 Å². The van der Waals surface area contributed by atoms with E-state index in [1.807, 2.05) is 36.7 Å².